The van der Waals surface area contributed by atoms with Gasteiger partial charge in [-0.3, -0.25) is 4.79 Å². The van der Waals surface area contributed by atoms with Crippen molar-refractivity contribution < 1.29 is 9.21 Å². The Morgan fingerprint density at radius 3 is 2.76 bits per heavy atom. The number of benzene rings is 1. The normalized spacial score (nSPS) is 15.6. The second-order valence-electron chi connectivity index (χ2n) is 10.3. The largest absolute Gasteiger partial charge is 0.448 e. The highest BCUT2D eigenvalue weighted by molar-refractivity contribution is 7.99. The summed E-state index contributed by atoms with van der Waals surface area (Å²) in [5, 5.41) is 5.11. The number of fused-ring (bicyclic) bond motifs is 1. The van der Waals surface area contributed by atoms with Crippen LogP contribution in [-0.4, -0.2) is 22.1 Å². The van der Waals surface area contributed by atoms with Crippen LogP contribution in [0.25, 0.3) is 0 Å². The third kappa shape index (κ3) is 6.02. The van der Waals surface area contributed by atoms with E-state index in [0.29, 0.717) is 27.5 Å². The highest BCUT2D eigenvalue weighted by Crippen LogP contribution is 2.45. The molecule has 1 aromatic carbocycles. The maximum Gasteiger partial charge on any atom is 0.259 e. The van der Waals surface area contributed by atoms with Gasteiger partial charge in [0.1, 0.15) is 10.8 Å². The molecular weight excluding hydrogens is 500 g/mol. The van der Waals surface area contributed by atoms with Gasteiger partial charge in [-0.15, -0.1) is 11.3 Å². The summed E-state index contributed by atoms with van der Waals surface area (Å²) in [6, 6.07) is 15.2. The molecule has 3 aromatic heterocycles. The Labute approximate surface area is 225 Å². The maximum absolute atomic E-state index is 13.5. The quantitative estimate of drug-likeness (QED) is 0.204. The van der Waals surface area contributed by atoms with Crippen molar-refractivity contribution in [3.63, 3.8) is 0 Å². The minimum absolute atomic E-state index is 0.114. The fourth-order valence-corrected chi connectivity index (χ4v) is 6.52. The summed E-state index contributed by atoms with van der Waals surface area (Å²) in [6.07, 6.45) is 6.36. The van der Waals surface area contributed by atoms with E-state index in [-0.39, 0.29) is 11.3 Å². The molecule has 8 heteroatoms. The molecule has 1 N–H and O–H groups in total. The molecule has 5 rings (SSSR count). The van der Waals surface area contributed by atoms with Crippen LogP contribution in [0.15, 0.2) is 74.4 Å². The first-order valence-electron chi connectivity index (χ1n) is 12.4. The SMILES string of the molecule is Cc1ccnc(Sc2ccc(C=Nc3sc4c(c3C(=O)Nc3ccccc3)CC[C@H](C(C)(C)C)C4)o2)n1. The second kappa shape index (κ2) is 10.6. The maximum atomic E-state index is 13.5. The molecule has 0 radical (unpaired) electrons. The molecule has 0 bridgehead atoms. The number of carbonyl (C=O) groups is 1. The van der Waals surface area contributed by atoms with E-state index in [1.165, 1.54) is 16.6 Å². The van der Waals surface area contributed by atoms with Gasteiger partial charge in [0.25, 0.3) is 5.91 Å². The van der Waals surface area contributed by atoms with Crippen molar-refractivity contribution in [2.45, 2.75) is 57.2 Å². The lowest BCUT2D eigenvalue weighted by molar-refractivity contribution is 0.102. The van der Waals surface area contributed by atoms with Crippen molar-refractivity contribution in [3.05, 3.63) is 82.2 Å². The number of amides is 1. The minimum Gasteiger partial charge on any atom is -0.448 e. The Kier molecular flexibility index (Phi) is 7.31. The van der Waals surface area contributed by atoms with Crippen LogP contribution in [0.5, 0.6) is 0 Å². The fraction of sp³-hybridized carbons (Fsp3) is 0.310. The molecule has 1 aliphatic carbocycles. The van der Waals surface area contributed by atoms with E-state index in [1.807, 2.05) is 55.5 Å². The van der Waals surface area contributed by atoms with Gasteiger partial charge in [-0.2, -0.15) is 0 Å². The summed E-state index contributed by atoms with van der Waals surface area (Å²) in [4.78, 5) is 28.2. The molecule has 3 heterocycles. The number of rotatable bonds is 6. The third-order valence-corrected chi connectivity index (χ3v) is 8.57. The summed E-state index contributed by atoms with van der Waals surface area (Å²) in [6.45, 7) is 8.83. The van der Waals surface area contributed by atoms with Crippen molar-refractivity contribution in [1.29, 1.82) is 0 Å². The number of thiophene rings is 1. The van der Waals surface area contributed by atoms with Crippen LogP contribution < -0.4 is 5.32 Å². The first kappa shape index (κ1) is 25.4. The number of hydrogen-bond acceptors (Lipinski definition) is 7. The van der Waals surface area contributed by atoms with Crippen molar-refractivity contribution in [1.82, 2.24) is 9.97 Å². The number of aliphatic imine (C=N–C) groups is 1. The molecule has 0 spiro atoms. The highest BCUT2D eigenvalue weighted by atomic mass is 32.2. The van der Waals surface area contributed by atoms with Gasteiger partial charge < -0.3 is 9.73 Å². The molecule has 1 amide bonds. The van der Waals surface area contributed by atoms with Gasteiger partial charge in [-0.25, -0.2) is 15.0 Å². The Morgan fingerprint density at radius 1 is 1.19 bits per heavy atom. The van der Waals surface area contributed by atoms with Crippen LogP contribution in [0.4, 0.5) is 10.7 Å². The number of nitrogens with one attached hydrogen (secondary N) is 1. The molecule has 4 aromatic rings. The molecule has 6 nitrogen and oxygen atoms in total. The van der Waals surface area contributed by atoms with E-state index in [9.17, 15) is 4.79 Å². The molecule has 190 valence electrons. The lowest BCUT2D eigenvalue weighted by atomic mass is 9.72. The predicted octanol–water partition coefficient (Wildman–Crippen LogP) is 7.74. The van der Waals surface area contributed by atoms with E-state index < -0.39 is 0 Å². The zero-order valence-electron chi connectivity index (χ0n) is 21.4. The van der Waals surface area contributed by atoms with Crippen LogP contribution >= 0.6 is 23.1 Å². The molecule has 0 saturated heterocycles. The van der Waals surface area contributed by atoms with Crippen molar-refractivity contribution >= 4 is 45.9 Å². The number of aromatic nitrogens is 2. The summed E-state index contributed by atoms with van der Waals surface area (Å²) >= 11 is 2.99. The Bertz CT molecular complexity index is 1430. The summed E-state index contributed by atoms with van der Waals surface area (Å²) in [5.41, 5.74) is 3.72. The van der Waals surface area contributed by atoms with Gasteiger partial charge >= 0.3 is 0 Å². The van der Waals surface area contributed by atoms with E-state index in [2.05, 4.69) is 36.1 Å². The van der Waals surface area contributed by atoms with Crippen molar-refractivity contribution in [3.8, 4) is 0 Å². The number of nitrogens with zero attached hydrogens (tertiary/aromatic N) is 3. The first-order valence-corrected chi connectivity index (χ1v) is 14.0. The lowest BCUT2D eigenvalue weighted by Crippen LogP contribution is -2.27. The molecule has 0 fully saturated rings. The molecule has 0 saturated carbocycles. The van der Waals surface area contributed by atoms with Crippen LogP contribution in [0.2, 0.25) is 0 Å². The van der Waals surface area contributed by atoms with Crippen LogP contribution in [0, 0.1) is 18.3 Å². The van der Waals surface area contributed by atoms with E-state index in [4.69, 9.17) is 9.41 Å². The summed E-state index contributed by atoms with van der Waals surface area (Å²) < 4.78 is 5.95. The minimum atomic E-state index is -0.114. The van der Waals surface area contributed by atoms with Crippen molar-refractivity contribution in [2.24, 2.45) is 16.3 Å². The first-order chi connectivity index (χ1) is 17.8. The van der Waals surface area contributed by atoms with Gasteiger partial charge in [0.2, 0.25) is 0 Å². The predicted molar refractivity (Wildman–Crippen MR) is 151 cm³/mol. The zero-order valence-corrected chi connectivity index (χ0v) is 23.1. The molecule has 37 heavy (non-hydrogen) atoms. The number of anilines is 1. The van der Waals surface area contributed by atoms with Crippen LogP contribution in [0.1, 0.15) is 59.4 Å². The van der Waals surface area contributed by atoms with Gasteiger partial charge in [-0.05, 0) is 85.2 Å². The smallest absolute Gasteiger partial charge is 0.259 e. The zero-order chi connectivity index (χ0) is 26.0. The van der Waals surface area contributed by atoms with E-state index in [0.717, 1.165) is 41.2 Å². The number of aryl methyl sites for hydroxylation is 1. The van der Waals surface area contributed by atoms with Crippen molar-refractivity contribution in [2.75, 3.05) is 5.32 Å². The Morgan fingerprint density at radius 2 is 2.00 bits per heavy atom. The number of furan rings is 1. The summed E-state index contributed by atoms with van der Waals surface area (Å²) in [7, 11) is 0. The number of para-hydroxylation sites is 1. The average Bonchev–Trinajstić information content (AvgIpc) is 3.46. The van der Waals surface area contributed by atoms with Gasteiger partial charge in [0.15, 0.2) is 10.2 Å². The standard InChI is InChI=1S/C29H30N4O2S2/c1-18-14-15-30-28(32-18)37-24-13-11-21(35-24)17-31-27-25(26(34)33-20-8-6-5-7-9-20)22-12-10-19(29(2,3)4)16-23(22)36-27/h5-9,11,13-15,17,19H,10,12,16H2,1-4H3,(H,33,34)/t19-/m0/s1. The van der Waals surface area contributed by atoms with E-state index >= 15 is 0 Å². The molecule has 1 atom stereocenters. The van der Waals surface area contributed by atoms with Gasteiger partial charge in [-0.1, -0.05) is 39.0 Å². The average molecular weight is 531 g/mol. The lowest BCUT2D eigenvalue weighted by Gasteiger charge is -2.33. The monoisotopic (exact) mass is 530 g/mol. The highest BCUT2D eigenvalue weighted by Gasteiger charge is 2.33. The van der Waals surface area contributed by atoms with Gasteiger partial charge in [0, 0.05) is 22.5 Å². The molecule has 1 aliphatic rings. The van der Waals surface area contributed by atoms with Gasteiger partial charge in [0.05, 0.1) is 11.8 Å². The molecule has 0 aliphatic heterocycles. The van der Waals surface area contributed by atoms with Crippen LogP contribution in [0.3, 0.4) is 0 Å². The second-order valence-corrected chi connectivity index (χ2v) is 12.4. The topological polar surface area (TPSA) is 80.4 Å². The fourth-order valence-electron chi connectivity index (χ4n) is 4.50. The number of hydrogen-bond donors (Lipinski definition) is 1. The third-order valence-electron chi connectivity index (χ3n) is 6.61. The van der Waals surface area contributed by atoms with E-state index in [1.54, 1.807) is 23.7 Å². The molecule has 0 unspecified atom stereocenters. The molecular formula is C29H30N4O2S2. The van der Waals surface area contributed by atoms with Crippen LogP contribution in [-0.2, 0) is 12.8 Å². The summed E-state index contributed by atoms with van der Waals surface area (Å²) in [5.74, 6) is 1.08. The Balaban J connectivity index is 1.42. The number of carbonyl (C=O) groups excluding carboxylic acids is 1. The Hall–Kier alpha value is -3.23.